The Morgan fingerprint density at radius 3 is 2.95 bits per heavy atom. The molecule has 1 atom stereocenters. The minimum absolute atomic E-state index is 0.123. The molecular weight excluding hydrogens is 308 g/mol. The van der Waals surface area contributed by atoms with E-state index in [1.165, 1.54) is 0 Å². The lowest BCUT2D eigenvalue weighted by molar-refractivity contribution is 0.0706. The summed E-state index contributed by atoms with van der Waals surface area (Å²) in [5, 5.41) is 0. The molecule has 1 aliphatic heterocycles. The Bertz CT molecular complexity index is 470. The Morgan fingerprint density at radius 2 is 2.32 bits per heavy atom. The van der Waals surface area contributed by atoms with Crippen molar-refractivity contribution in [3.8, 4) is 0 Å². The van der Waals surface area contributed by atoms with E-state index in [0.29, 0.717) is 22.1 Å². The summed E-state index contributed by atoms with van der Waals surface area (Å²) >= 11 is 3.32. The first-order chi connectivity index (χ1) is 9.24. The fourth-order valence-electron chi connectivity index (χ4n) is 2.49. The Hall–Kier alpha value is -0.940. The Morgan fingerprint density at radius 1 is 1.47 bits per heavy atom. The topological polar surface area (TPSA) is 42.4 Å². The molecule has 1 aromatic heterocycles. The van der Waals surface area contributed by atoms with Crippen LogP contribution in [0.1, 0.15) is 29.6 Å². The molecule has 0 radical (unpaired) electrons. The second-order valence-electron chi connectivity index (χ2n) is 5.29. The minimum Gasteiger partial charge on any atom is -0.381 e. The van der Waals surface area contributed by atoms with E-state index in [4.69, 9.17) is 4.74 Å². The summed E-state index contributed by atoms with van der Waals surface area (Å²) in [5.74, 6) is 0.618. The van der Waals surface area contributed by atoms with E-state index in [1.807, 2.05) is 4.90 Å². The van der Waals surface area contributed by atoms with Gasteiger partial charge in [0, 0.05) is 36.9 Å². The standard InChI is InChI=1S/C14H17BrN2O2/c15-13-7-11(3-5-16-13)14(18)17(12-1-2-12)8-10-4-6-19-9-10/h3,5,7,10,12H,1-2,4,6,8-9H2. The number of aromatic nitrogens is 1. The molecule has 1 aliphatic carbocycles. The molecule has 1 amide bonds. The van der Waals surface area contributed by atoms with Crippen molar-refractivity contribution in [2.24, 2.45) is 5.92 Å². The fourth-order valence-corrected chi connectivity index (χ4v) is 2.86. The molecule has 1 saturated carbocycles. The van der Waals surface area contributed by atoms with Gasteiger partial charge in [-0.1, -0.05) is 0 Å². The summed E-state index contributed by atoms with van der Waals surface area (Å²) < 4.78 is 6.11. The molecule has 2 aliphatic rings. The number of hydrogen-bond donors (Lipinski definition) is 0. The first-order valence-electron chi connectivity index (χ1n) is 6.74. The molecule has 102 valence electrons. The third kappa shape index (κ3) is 3.15. The highest BCUT2D eigenvalue weighted by Crippen LogP contribution is 2.30. The van der Waals surface area contributed by atoms with Crippen molar-refractivity contribution < 1.29 is 9.53 Å². The molecule has 1 saturated heterocycles. The van der Waals surface area contributed by atoms with E-state index in [0.717, 1.165) is 39.0 Å². The van der Waals surface area contributed by atoms with Crippen molar-refractivity contribution in [3.05, 3.63) is 28.5 Å². The Balaban J connectivity index is 1.73. The van der Waals surface area contributed by atoms with E-state index in [2.05, 4.69) is 20.9 Å². The summed E-state index contributed by atoms with van der Waals surface area (Å²) in [6, 6.07) is 4.01. The summed E-state index contributed by atoms with van der Waals surface area (Å²) in [6.07, 6.45) is 4.99. The Labute approximate surface area is 121 Å². The molecule has 5 heteroatoms. The van der Waals surface area contributed by atoms with Crippen LogP contribution in [0.15, 0.2) is 22.9 Å². The summed E-state index contributed by atoms with van der Waals surface area (Å²) in [4.78, 5) is 18.7. The maximum Gasteiger partial charge on any atom is 0.254 e. The van der Waals surface area contributed by atoms with Gasteiger partial charge in [-0.05, 0) is 47.3 Å². The van der Waals surface area contributed by atoms with Crippen LogP contribution < -0.4 is 0 Å². The number of carbonyl (C=O) groups excluding carboxylic acids is 1. The van der Waals surface area contributed by atoms with Gasteiger partial charge in [-0.2, -0.15) is 0 Å². The van der Waals surface area contributed by atoms with Gasteiger partial charge in [0.2, 0.25) is 0 Å². The van der Waals surface area contributed by atoms with E-state index in [9.17, 15) is 4.79 Å². The van der Waals surface area contributed by atoms with Crippen molar-refractivity contribution in [3.63, 3.8) is 0 Å². The van der Waals surface area contributed by atoms with Crippen molar-refractivity contribution in [2.75, 3.05) is 19.8 Å². The number of carbonyl (C=O) groups is 1. The van der Waals surface area contributed by atoms with Crippen molar-refractivity contribution >= 4 is 21.8 Å². The van der Waals surface area contributed by atoms with Crippen molar-refractivity contribution in [2.45, 2.75) is 25.3 Å². The molecular formula is C14H17BrN2O2. The maximum atomic E-state index is 12.6. The summed E-state index contributed by atoms with van der Waals surface area (Å²) in [7, 11) is 0. The van der Waals surface area contributed by atoms with Gasteiger partial charge in [-0.25, -0.2) is 4.98 Å². The zero-order chi connectivity index (χ0) is 13.2. The first kappa shape index (κ1) is 13.1. The largest absolute Gasteiger partial charge is 0.381 e. The molecule has 0 spiro atoms. The molecule has 4 nitrogen and oxygen atoms in total. The zero-order valence-electron chi connectivity index (χ0n) is 10.7. The maximum absolute atomic E-state index is 12.6. The number of halogens is 1. The fraction of sp³-hybridized carbons (Fsp3) is 0.571. The molecule has 0 aromatic carbocycles. The number of nitrogens with zero attached hydrogens (tertiary/aromatic N) is 2. The van der Waals surface area contributed by atoms with Crippen LogP contribution in [0.3, 0.4) is 0 Å². The van der Waals surface area contributed by atoms with E-state index in [-0.39, 0.29) is 5.91 Å². The predicted molar refractivity (Wildman–Crippen MR) is 74.9 cm³/mol. The van der Waals surface area contributed by atoms with Crippen LogP contribution in [-0.2, 0) is 4.74 Å². The molecule has 1 aromatic rings. The molecule has 1 unspecified atom stereocenters. The van der Waals surface area contributed by atoms with Gasteiger partial charge in [0.25, 0.3) is 5.91 Å². The first-order valence-corrected chi connectivity index (χ1v) is 7.53. The van der Waals surface area contributed by atoms with Gasteiger partial charge in [0.05, 0.1) is 6.61 Å². The quantitative estimate of drug-likeness (QED) is 0.799. The van der Waals surface area contributed by atoms with Gasteiger partial charge in [0.15, 0.2) is 0 Å². The second-order valence-corrected chi connectivity index (χ2v) is 6.10. The van der Waals surface area contributed by atoms with Crippen molar-refractivity contribution in [1.29, 1.82) is 0 Å². The number of pyridine rings is 1. The van der Waals surface area contributed by atoms with Crippen LogP contribution in [0.5, 0.6) is 0 Å². The van der Waals surface area contributed by atoms with Crippen LogP contribution >= 0.6 is 15.9 Å². The Kier molecular flexibility index (Phi) is 3.84. The highest BCUT2D eigenvalue weighted by atomic mass is 79.9. The van der Waals surface area contributed by atoms with Gasteiger partial charge < -0.3 is 9.64 Å². The lowest BCUT2D eigenvalue weighted by Crippen LogP contribution is -2.37. The number of amides is 1. The average Bonchev–Trinajstić information content (AvgIpc) is 3.12. The number of rotatable bonds is 4. The molecule has 2 heterocycles. The molecule has 0 N–H and O–H groups in total. The third-order valence-corrected chi connectivity index (χ3v) is 4.13. The smallest absolute Gasteiger partial charge is 0.254 e. The molecule has 3 rings (SSSR count). The zero-order valence-corrected chi connectivity index (χ0v) is 12.3. The number of ether oxygens (including phenoxy) is 1. The highest BCUT2D eigenvalue weighted by molar-refractivity contribution is 9.10. The van der Waals surface area contributed by atoms with Crippen LogP contribution in [0, 0.1) is 5.92 Å². The van der Waals surface area contributed by atoms with E-state index >= 15 is 0 Å². The van der Waals surface area contributed by atoms with Crippen LogP contribution in [0.2, 0.25) is 0 Å². The normalized spacial score (nSPS) is 22.5. The van der Waals surface area contributed by atoms with Gasteiger partial charge in [0.1, 0.15) is 4.60 Å². The average molecular weight is 325 g/mol. The SMILES string of the molecule is O=C(c1ccnc(Br)c1)N(CC1CCOC1)C1CC1. The van der Waals surface area contributed by atoms with E-state index in [1.54, 1.807) is 18.3 Å². The summed E-state index contributed by atoms with van der Waals surface area (Å²) in [6.45, 7) is 2.44. The second kappa shape index (κ2) is 5.59. The molecule has 19 heavy (non-hydrogen) atoms. The molecule has 2 fully saturated rings. The van der Waals surface area contributed by atoms with Gasteiger partial charge >= 0.3 is 0 Å². The lowest BCUT2D eigenvalue weighted by Gasteiger charge is -2.25. The monoisotopic (exact) mass is 324 g/mol. The molecule has 0 bridgehead atoms. The lowest BCUT2D eigenvalue weighted by atomic mass is 10.1. The minimum atomic E-state index is 0.123. The van der Waals surface area contributed by atoms with Crippen molar-refractivity contribution in [1.82, 2.24) is 9.88 Å². The van der Waals surface area contributed by atoms with Gasteiger partial charge in [-0.15, -0.1) is 0 Å². The van der Waals surface area contributed by atoms with Gasteiger partial charge in [-0.3, -0.25) is 4.79 Å². The van der Waals surface area contributed by atoms with Crippen LogP contribution in [0.25, 0.3) is 0 Å². The highest BCUT2D eigenvalue weighted by Gasteiger charge is 2.35. The van der Waals surface area contributed by atoms with E-state index < -0.39 is 0 Å². The number of hydrogen-bond acceptors (Lipinski definition) is 3. The third-order valence-electron chi connectivity index (χ3n) is 3.70. The van der Waals surface area contributed by atoms with Crippen LogP contribution in [0.4, 0.5) is 0 Å². The van der Waals surface area contributed by atoms with Crippen LogP contribution in [-0.4, -0.2) is 41.6 Å². The predicted octanol–water partition coefficient (Wildman–Crippen LogP) is 2.49. The summed E-state index contributed by atoms with van der Waals surface area (Å²) in [5.41, 5.74) is 0.715.